The summed E-state index contributed by atoms with van der Waals surface area (Å²) in [5, 5.41) is 2.74. The van der Waals surface area contributed by atoms with Crippen LogP contribution in [-0.2, 0) is 0 Å². The van der Waals surface area contributed by atoms with Crippen molar-refractivity contribution in [1.29, 1.82) is 0 Å². The predicted octanol–water partition coefficient (Wildman–Crippen LogP) is 2.68. The summed E-state index contributed by atoms with van der Waals surface area (Å²) >= 11 is 5.06. The van der Waals surface area contributed by atoms with Crippen LogP contribution in [0, 0.1) is 11.6 Å². The summed E-state index contributed by atoms with van der Waals surface area (Å²) in [5.74, 6) is -2.23. The second-order valence-corrected chi connectivity index (χ2v) is 5.53. The van der Waals surface area contributed by atoms with Gasteiger partial charge in [0, 0.05) is 6.07 Å². The van der Waals surface area contributed by atoms with Gasteiger partial charge in [-0.3, -0.25) is 4.79 Å². The normalized spacial score (nSPS) is 17.5. The molecule has 1 amide bonds. The fourth-order valence-electron chi connectivity index (χ4n) is 2.55. The van der Waals surface area contributed by atoms with Gasteiger partial charge in [0.2, 0.25) is 0 Å². The molecular formula is C14H16F2N2OS. The number of thiocarbonyl (C=S) groups is 1. The Kier molecular flexibility index (Phi) is 4.32. The first kappa shape index (κ1) is 14.8. The predicted molar refractivity (Wildman–Crippen MR) is 76.4 cm³/mol. The van der Waals surface area contributed by atoms with E-state index >= 15 is 0 Å². The number of hydrogen-bond acceptors (Lipinski definition) is 2. The number of carbonyl (C=O) groups excluding carboxylic acids is 1. The van der Waals surface area contributed by atoms with Gasteiger partial charge in [-0.25, -0.2) is 8.78 Å². The molecule has 1 aromatic carbocycles. The minimum Gasteiger partial charge on any atom is -0.391 e. The van der Waals surface area contributed by atoms with Gasteiger partial charge in [0.15, 0.2) is 0 Å². The first-order chi connectivity index (χ1) is 9.44. The van der Waals surface area contributed by atoms with Crippen LogP contribution in [0.3, 0.4) is 0 Å². The average molecular weight is 298 g/mol. The summed E-state index contributed by atoms with van der Waals surface area (Å²) in [4.78, 5) is 12.4. The summed E-state index contributed by atoms with van der Waals surface area (Å²) in [5.41, 5.74) is 4.79. The Morgan fingerprint density at radius 1 is 1.25 bits per heavy atom. The van der Waals surface area contributed by atoms with Crippen molar-refractivity contribution in [2.45, 2.75) is 37.6 Å². The number of rotatable bonds is 3. The molecule has 1 aromatic rings. The third kappa shape index (κ3) is 2.95. The first-order valence-corrected chi connectivity index (χ1v) is 6.93. The minimum atomic E-state index is -0.892. The Morgan fingerprint density at radius 2 is 1.90 bits per heavy atom. The highest BCUT2D eigenvalue weighted by Gasteiger charge is 2.37. The van der Waals surface area contributed by atoms with Gasteiger partial charge >= 0.3 is 0 Å². The SMILES string of the molecule is NC(=S)C1(NC(=O)c2ccc(F)cc2F)CCCCC1. The van der Waals surface area contributed by atoms with E-state index in [1.807, 2.05) is 0 Å². The quantitative estimate of drug-likeness (QED) is 0.844. The molecule has 0 heterocycles. The van der Waals surface area contributed by atoms with Crippen LogP contribution in [-0.4, -0.2) is 16.4 Å². The van der Waals surface area contributed by atoms with E-state index in [1.165, 1.54) is 0 Å². The van der Waals surface area contributed by atoms with Crippen LogP contribution in [0.2, 0.25) is 0 Å². The smallest absolute Gasteiger partial charge is 0.255 e. The van der Waals surface area contributed by atoms with Gasteiger partial charge in [0.05, 0.1) is 16.1 Å². The van der Waals surface area contributed by atoms with Gasteiger partial charge in [-0.15, -0.1) is 0 Å². The molecule has 20 heavy (non-hydrogen) atoms. The molecule has 0 radical (unpaired) electrons. The topological polar surface area (TPSA) is 55.1 Å². The Morgan fingerprint density at radius 3 is 2.45 bits per heavy atom. The summed E-state index contributed by atoms with van der Waals surface area (Å²) in [6.45, 7) is 0. The molecule has 6 heteroatoms. The van der Waals surface area contributed by atoms with Gasteiger partial charge in [-0.2, -0.15) is 0 Å². The van der Waals surface area contributed by atoms with E-state index in [1.54, 1.807) is 0 Å². The maximum absolute atomic E-state index is 13.6. The Bertz CT molecular complexity index is 542. The van der Waals surface area contributed by atoms with E-state index in [2.05, 4.69) is 5.32 Å². The first-order valence-electron chi connectivity index (χ1n) is 6.52. The van der Waals surface area contributed by atoms with Gasteiger partial charge < -0.3 is 11.1 Å². The molecule has 0 unspecified atom stereocenters. The van der Waals surface area contributed by atoms with Crippen molar-refractivity contribution in [3.8, 4) is 0 Å². The number of amides is 1. The zero-order valence-electron chi connectivity index (χ0n) is 10.9. The third-order valence-electron chi connectivity index (χ3n) is 3.71. The maximum atomic E-state index is 13.6. The fraction of sp³-hybridized carbons (Fsp3) is 0.429. The highest BCUT2D eigenvalue weighted by Crippen LogP contribution is 2.29. The zero-order chi connectivity index (χ0) is 14.8. The standard InChI is InChI=1S/C14H16F2N2OS/c15-9-4-5-10(11(16)8-9)12(19)18-14(13(17)20)6-2-1-3-7-14/h4-5,8H,1-3,6-7H2,(H2,17,20)(H,18,19). The molecule has 1 aliphatic rings. The number of nitrogens with two attached hydrogens (primary N) is 1. The highest BCUT2D eigenvalue weighted by atomic mass is 32.1. The van der Waals surface area contributed by atoms with Gasteiger partial charge in [-0.05, 0) is 25.0 Å². The van der Waals surface area contributed by atoms with Crippen LogP contribution >= 0.6 is 12.2 Å². The van der Waals surface area contributed by atoms with Crippen molar-refractivity contribution in [2.24, 2.45) is 5.73 Å². The van der Waals surface area contributed by atoms with Gasteiger partial charge in [0.1, 0.15) is 11.6 Å². The summed E-state index contributed by atoms with van der Waals surface area (Å²) in [6.07, 6.45) is 4.17. The van der Waals surface area contributed by atoms with E-state index in [4.69, 9.17) is 18.0 Å². The van der Waals surface area contributed by atoms with Crippen molar-refractivity contribution in [2.75, 3.05) is 0 Å². The molecule has 0 bridgehead atoms. The molecule has 1 aliphatic carbocycles. The second-order valence-electron chi connectivity index (χ2n) is 5.09. The lowest BCUT2D eigenvalue weighted by molar-refractivity contribution is 0.0904. The van der Waals surface area contributed by atoms with Crippen molar-refractivity contribution >= 4 is 23.1 Å². The van der Waals surface area contributed by atoms with E-state index < -0.39 is 23.1 Å². The highest BCUT2D eigenvalue weighted by molar-refractivity contribution is 7.80. The molecule has 2 rings (SSSR count). The number of halogens is 2. The monoisotopic (exact) mass is 298 g/mol. The number of nitrogens with one attached hydrogen (secondary N) is 1. The van der Waals surface area contributed by atoms with E-state index in [0.29, 0.717) is 18.9 Å². The largest absolute Gasteiger partial charge is 0.391 e. The van der Waals surface area contributed by atoms with Crippen LogP contribution in [0.25, 0.3) is 0 Å². The lowest BCUT2D eigenvalue weighted by atomic mass is 9.81. The fourth-order valence-corrected chi connectivity index (χ4v) is 2.80. The zero-order valence-corrected chi connectivity index (χ0v) is 11.7. The van der Waals surface area contributed by atoms with Crippen LogP contribution in [0.4, 0.5) is 8.78 Å². The molecule has 0 saturated heterocycles. The Hall–Kier alpha value is -1.56. The van der Waals surface area contributed by atoms with Crippen LogP contribution in [0.1, 0.15) is 42.5 Å². The maximum Gasteiger partial charge on any atom is 0.255 e. The van der Waals surface area contributed by atoms with Crippen molar-refractivity contribution in [3.63, 3.8) is 0 Å². The lowest BCUT2D eigenvalue weighted by Crippen LogP contribution is -2.57. The van der Waals surface area contributed by atoms with Crippen molar-refractivity contribution in [3.05, 3.63) is 35.4 Å². The molecular weight excluding hydrogens is 282 g/mol. The van der Waals surface area contributed by atoms with E-state index in [9.17, 15) is 13.6 Å². The van der Waals surface area contributed by atoms with Gasteiger partial charge in [-0.1, -0.05) is 31.5 Å². The third-order valence-corrected chi connectivity index (χ3v) is 4.10. The number of hydrogen-bond donors (Lipinski definition) is 2. The van der Waals surface area contributed by atoms with Gasteiger partial charge in [0.25, 0.3) is 5.91 Å². The number of benzene rings is 1. The van der Waals surface area contributed by atoms with Crippen molar-refractivity contribution < 1.29 is 13.6 Å². The molecule has 1 fully saturated rings. The molecule has 0 atom stereocenters. The minimum absolute atomic E-state index is 0.201. The molecule has 108 valence electrons. The molecule has 3 nitrogen and oxygen atoms in total. The molecule has 0 aliphatic heterocycles. The Balaban J connectivity index is 2.22. The average Bonchev–Trinajstić information content (AvgIpc) is 2.39. The second kappa shape index (κ2) is 5.83. The molecule has 0 spiro atoms. The van der Waals surface area contributed by atoms with Crippen LogP contribution < -0.4 is 11.1 Å². The Labute approximate surface area is 121 Å². The van der Waals surface area contributed by atoms with Crippen LogP contribution in [0.5, 0.6) is 0 Å². The molecule has 1 saturated carbocycles. The van der Waals surface area contributed by atoms with E-state index in [0.717, 1.165) is 31.4 Å². The summed E-state index contributed by atoms with van der Waals surface area (Å²) < 4.78 is 26.5. The van der Waals surface area contributed by atoms with E-state index in [-0.39, 0.29) is 10.6 Å². The van der Waals surface area contributed by atoms with Crippen LogP contribution in [0.15, 0.2) is 18.2 Å². The summed E-state index contributed by atoms with van der Waals surface area (Å²) in [6, 6.07) is 2.85. The van der Waals surface area contributed by atoms with Crippen molar-refractivity contribution in [1.82, 2.24) is 5.32 Å². The molecule has 0 aromatic heterocycles. The lowest BCUT2D eigenvalue weighted by Gasteiger charge is -2.37. The number of carbonyl (C=O) groups is 1. The molecule has 3 N–H and O–H groups in total. The summed E-state index contributed by atoms with van der Waals surface area (Å²) in [7, 11) is 0.